The average Bonchev–Trinajstić information content (AvgIpc) is 3.20. The normalized spacial score (nSPS) is 11.8. The Labute approximate surface area is 194 Å². The Bertz CT molecular complexity index is 1150. The molecule has 0 fully saturated rings. The lowest BCUT2D eigenvalue weighted by molar-refractivity contribution is -0.153. The number of rotatable bonds is 9. The van der Waals surface area contributed by atoms with Crippen LogP contribution in [0.15, 0.2) is 60.9 Å². The summed E-state index contributed by atoms with van der Waals surface area (Å²) in [6.45, 7) is -1.22. The van der Waals surface area contributed by atoms with Crippen molar-refractivity contribution in [3.05, 3.63) is 72.0 Å². The van der Waals surface area contributed by atoms with Gasteiger partial charge in [0.1, 0.15) is 17.9 Å². The molecule has 1 heterocycles. The molecular weight excluding hydrogens is 453 g/mol. The van der Waals surface area contributed by atoms with Gasteiger partial charge in [-0.15, -0.1) is 0 Å². The summed E-state index contributed by atoms with van der Waals surface area (Å²) in [5.74, 6) is 0.0212. The minimum absolute atomic E-state index is 0.107. The fraction of sp³-hybridized carbons (Fsp3) is 0.250. The molecule has 0 aliphatic carbocycles. The summed E-state index contributed by atoms with van der Waals surface area (Å²) >= 11 is 0. The Morgan fingerprint density at radius 1 is 1.06 bits per heavy atom. The minimum Gasteiger partial charge on any atom is -0.503 e. The fourth-order valence-corrected chi connectivity index (χ4v) is 3.12. The van der Waals surface area contributed by atoms with Crippen LogP contribution >= 0.6 is 0 Å². The van der Waals surface area contributed by atoms with E-state index in [-0.39, 0.29) is 17.9 Å². The first-order valence-electron chi connectivity index (χ1n) is 10.1. The predicted octanol–water partition coefficient (Wildman–Crippen LogP) is 4.77. The molecule has 0 atom stereocenters. The largest absolute Gasteiger partial charge is 0.503 e. The summed E-state index contributed by atoms with van der Waals surface area (Å²) in [5.41, 5.74) is 2.84. The van der Waals surface area contributed by atoms with Crippen LogP contribution in [0.1, 0.15) is 11.1 Å². The van der Waals surface area contributed by atoms with Crippen molar-refractivity contribution in [3.63, 3.8) is 0 Å². The Hall–Kier alpha value is -3.95. The van der Waals surface area contributed by atoms with Crippen LogP contribution in [0.4, 0.5) is 13.2 Å². The smallest absolute Gasteiger partial charge is 0.422 e. The molecule has 0 amide bonds. The van der Waals surface area contributed by atoms with Crippen LogP contribution in [0, 0.1) is 0 Å². The average molecular weight is 476 g/mol. The summed E-state index contributed by atoms with van der Waals surface area (Å²) in [7, 11) is 4.43. The van der Waals surface area contributed by atoms with E-state index >= 15 is 0 Å². The third-order valence-electron chi connectivity index (χ3n) is 4.71. The van der Waals surface area contributed by atoms with Gasteiger partial charge in [-0.25, -0.2) is 9.48 Å². The Morgan fingerprint density at radius 3 is 2.41 bits per heavy atom. The number of benzene rings is 2. The number of hydrogen-bond donors (Lipinski definition) is 0. The molecule has 2 aromatic carbocycles. The monoisotopic (exact) mass is 476 g/mol. The summed E-state index contributed by atoms with van der Waals surface area (Å²) in [4.78, 5) is 12.2. The van der Waals surface area contributed by atoms with Crippen molar-refractivity contribution in [2.24, 2.45) is 7.05 Å². The van der Waals surface area contributed by atoms with E-state index in [1.807, 2.05) is 12.1 Å². The third-order valence-corrected chi connectivity index (χ3v) is 4.71. The number of esters is 1. The van der Waals surface area contributed by atoms with Crippen molar-refractivity contribution in [2.45, 2.75) is 12.8 Å². The number of aryl methyl sites for hydroxylation is 1. The highest BCUT2D eigenvalue weighted by molar-refractivity contribution is 6.16. The van der Waals surface area contributed by atoms with E-state index in [0.29, 0.717) is 22.7 Å². The highest BCUT2D eigenvalue weighted by Gasteiger charge is 2.28. The van der Waals surface area contributed by atoms with E-state index in [1.54, 1.807) is 37.4 Å². The van der Waals surface area contributed by atoms with Gasteiger partial charge in [-0.3, -0.25) is 0 Å². The number of methoxy groups -OCH3 is 2. The number of ether oxygens (including phenoxy) is 4. The summed E-state index contributed by atoms with van der Waals surface area (Å²) in [5, 5.41) is 4.40. The number of aromatic nitrogens is 2. The molecule has 0 bridgehead atoms. The first-order valence-corrected chi connectivity index (χ1v) is 10.1. The van der Waals surface area contributed by atoms with Gasteiger partial charge in [0.25, 0.3) is 0 Å². The predicted molar refractivity (Wildman–Crippen MR) is 118 cm³/mol. The lowest BCUT2D eigenvalue weighted by Gasteiger charge is -2.12. The van der Waals surface area contributed by atoms with E-state index in [2.05, 4.69) is 5.10 Å². The number of halogens is 3. The van der Waals surface area contributed by atoms with Gasteiger partial charge in [0, 0.05) is 18.7 Å². The zero-order valence-electron chi connectivity index (χ0n) is 18.8. The molecule has 0 N–H and O–H groups in total. The molecule has 0 spiro atoms. The van der Waals surface area contributed by atoms with Crippen molar-refractivity contribution >= 4 is 11.5 Å². The lowest BCUT2D eigenvalue weighted by Crippen LogP contribution is -2.19. The number of nitrogens with zero attached hydrogens (tertiary/aromatic N) is 2. The maximum atomic E-state index is 12.3. The topological polar surface area (TPSA) is 71.8 Å². The molecule has 10 heteroatoms. The summed E-state index contributed by atoms with van der Waals surface area (Å²) < 4.78 is 59.0. The van der Waals surface area contributed by atoms with Gasteiger partial charge in [-0.05, 0) is 35.4 Å². The molecule has 0 saturated carbocycles. The molecule has 3 aromatic rings. The highest BCUT2D eigenvalue weighted by atomic mass is 19.4. The molecule has 0 saturated heterocycles. The fourth-order valence-electron chi connectivity index (χ4n) is 3.12. The number of hydrogen-bond acceptors (Lipinski definition) is 6. The minimum atomic E-state index is -4.40. The van der Waals surface area contributed by atoms with Gasteiger partial charge in [-0.2, -0.15) is 18.3 Å². The standard InChI is InChI=1S/C24H23F3N2O5/c1-29-22(12-21(28-29)16-8-10-18(11-9-16)34-15-24(25,26)27)33-13-17-6-4-5-7-19(17)20(14-31-2)23(30)32-3/h4-12,14H,13,15H2,1-3H3/b20-14+. The highest BCUT2D eigenvalue weighted by Crippen LogP contribution is 2.27. The summed E-state index contributed by atoms with van der Waals surface area (Å²) in [6, 6.07) is 15.0. The molecule has 0 aliphatic heterocycles. The number of carbonyl (C=O) groups is 1. The van der Waals surface area contributed by atoms with Crippen molar-refractivity contribution < 1.29 is 36.9 Å². The van der Waals surface area contributed by atoms with Crippen LogP contribution < -0.4 is 9.47 Å². The number of alkyl halides is 3. The van der Waals surface area contributed by atoms with E-state index in [0.717, 1.165) is 5.56 Å². The summed E-state index contributed by atoms with van der Waals surface area (Å²) in [6.07, 6.45) is -3.09. The molecule has 180 valence electrons. The van der Waals surface area contributed by atoms with Gasteiger partial charge in [-0.1, -0.05) is 24.3 Å². The Kier molecular flexibility index (Phi) is 7.83. The molecular formula is C24H23F3N2O5. The first-order chi connectivity index (χ1) is 16.2. The van der Waals surface area contributed by atoms with Crippen molar-refractivity contribution in [3.8, 4) is 22.9 Å². The van der Waals surface area contributed by atoms with Crippen LogP contribution in [-0.2, 0) is 27.9 Å². The SMILES string of the molecule is CO/C=C(/C(=O)OC)c1ccccc1COc1cc(-c2ccc(OCC(F)(F)F)cc2)nn1C. The first kappa shape index (κ1) is 24.7. The van der Waals surface area contributed by atoms with E-state index in [9.17, 15) is 18.0 Å². The second-order valence-corrected chi connectivity index (χ2v) is 7.12. The van der Waals surface area contributed by atoms with E-state index in [1.165, 1.54) is 37.3 Å². The van der Waals surface area contributed by atoms with E-state index < -0.39 is 18.8 Å². The maximum Gasteiger partial charge on any atom is 0.422 e. The third kappa shape index (κ3) is 6.31. The molecule has 0 aliphatic rings. The zero-order valence-corrected chi connectivity index (χ0v) is 18.8. The van der Waals surface area contributed by atoms with Crippen LogP contribution in [0.2, 0.25) is 0 Å². The second kappa shape index (κ2) is 10.8. The van der Waals surface area contributed by atoms with E-state index in [4.69, 9.17) is 18.9 Å². The molecule has 3 rings (SSSR count). The maximum absolute atomic E-state index is 12.3. The zero-order chi connectivity index (χ0) is 24.7. The van der Waals surface area contributed by atoms with Crippen LogP contribution in [0.5, 0.6) is 11.6 Å². The van der Waals surface area contributed by atoms with Crippen LogP contribution in [0.25, 0.3) is 16.8 Å². The second-order valence-electron chi connectivity index (χ2n) is 7.12. The number of carbonyl (C=O) groups excluding carboxylic acids is 1. The van der Waals surface area contributed by atoms with Crippen molar-refractivity contribution in [2.75, 3.05) is 20.8 Å². The molecule has 7 nitrogen and oxygen atoms in total. The Morgan fingerprint density at radius 2 is 1.76 bits per heavy atom. The van der Waals surface area contributed by atoms with Crippen LogP contribution in [0.3, 0.4) is 0 Å². The molecule has 0 radical (unpaired) electrons. The molecule has 34 heavy (non-hydrogen) atoms. The molecule has 1 aromatic heterocycles. The quantitative estimate of drug-likeness (QED) is 0.252. The van der Waals surface area contributed by atoms with Gasteiger partial charge < -0.3 is 18.9 Å². The van der Waals surface area contributed by atoms with Crippen LogP contribution in [-0.4, -0.2) is 42.8 Å². The van der Waals surface area contributed by atoms with Crippen molar-refractivity contribution in [1.82, 2.24) is 9.78 Å². The lowest BCUT2D eigenvalue weighted by atomic mass is 10.0. The van der Waals surface area contributed by atoms with Gasteiger partial charge in [0.15, 0.2) is 6.61 Å². The van der Waals surface area contributed by atoms with Gasteiger partial charge >= 0.3 is 12.1 Å². The molecule has 0 unspecified atom stereocenters. The van der Waals surface area contributed by atoms with Gasteiger partial charge in [0.05, 0.1) is 26.2 Å². The van der Waals surface area contributed by atoms with Crippen molar-refractivity contribution in [1.29, 1.82) is 0 Å². The Balaban J connectivity index is 1.74. The van der Waals surface area contributed by atoms with Gasteiger partial charge in [0.2, 0.25) is 5.88 Å².